The second-order valence-electron chi connectivity index (χ2n) is 9.23. The summed E-state index contributed by atoms with van der Waals surface area (Å²) in [6.07, 6.45) is 2.41. The van der Waals surface area contributed by atoms with Crippen molar-refractivity contribution in [3.8, 4) is 6.07 Å². The average Bonchev–Trinajstić information content (AvgIpc) is 3.18. The molecule has 0 unspecified atom stereocenters. The van der Waals surface area contributed by atoms with Gasteiger partial charge in [-0.25, -0.2) is 9.59 Å². The van der Waals surface area contributed by atoms with Crippen molar-refractivity contribution in [3.05, 3.63) is 44.9 Å². The third kappa shape index (κ3) is 4.48. The molecule has 1 fully saturated rings. The van der Waals surface area contributed by atoms with Gasteiger partial charge in [0.05, 0.1) is 24.2 Å². The van der Waals surface area contributed by atoms with Crippen LogP contribution < -0.4 is 11.2 Å². The summed E-state index contributed by atoms with van der Waals surface area (Å²) in [5.74, 6) is 0. The minimum absolute atomic E-state index is 0.0259. The summed E-state index contributed by atoms with van der Waals surface area (Å²) in [7, 11) is -4.57. The molecule has 0 radical (unpaired) electrons. The lowest BCUT2D eigenvalue weighted by atomic mass is 10.2. The number of H-pyrrole nitrogens is 1. The monoisotopic (exact) mass is 520 g/mol. The van der Waals surface area contributed by atoms with E-state index in [0.717, 1.165) is 10.6 Å². The van der Waals surface area contributed by atoms with Gasteiger partial charge in [0, 0.05) is 18.3 Å². The fourth-order valence-corrected chi connectivity index (χ4v) is 6.54. The number of aryl methyl sites for hydroxylation is 1. The zero-order valence-electron chi connectivity index (χ0n) is 19.6. The van der Waals surface area contributed by atoms with Crippen molar-refractivity contribution in [1.82, 2.24) is 23.6 Å². The Kier molecular flexibility index (Phi) is 5.89. The molecule has 3 heterocycles. The zero-order valence-corrected chi connectivity index (χ0v) is 21.2. The third-order valence-corrected chi connectivity index (χ3v) is 8.71. The number of sulfonamides is 1. The van der Waals surface area contributed by atoms with Gasteiger partial charge >= 0.3 is 11.8 Å². The predicted octanol–water partition coefficient (Wildman–Crippen LogP) is 2.00. The Labute approximate surface area is 204 Å². The Morgan fingerprint density at radius 2 is 2.06 bits per heavy atom. The molecule has 0 saturated heterocycles. The smallest absolute Gasteiger partial charge is 0.425 e. The van der Waals surface area contributed by atoms with Crippen LogP contribution in [0.25, 0.3) is 10.2 Å². The van der Waals surface area contributed by atoms with E-state index in [0.29, 0.717) is 27.8 Å². The molecule has 12 nitrogen and oxygen atoms in total. The lowest BCUT2D eigenvalue weighted by Crippen LogP contribution is -2.47. The van der Waals surface area contributed by atoms with E-state index in [1.54, 1.807) is 37.8 Å². The van der Waals surface area contributed by atoms with E-state index in [2.05, 4.69) is 10.1 Å². The van der Waals surface area contributed by atoms with Crippen LogP contribution in [0.1, 0.15) is 46.1 Å². The van der Waals surface area contributed by atoms with Gasteiger partial charge in [-0.05, 0) is 46.6 Å². The zero-order chi connectivity index (χ0) is 25.8. The molecule has 3 aromatic heterocycles. The quantitative estimate of drug-likeness (QED) is 0.516. The van der Waals surface area contributed by atoms with E-state index < -0.39 is 38.5 Å². The highest BCUT2D eigenvalue weighted by Crippen LogP contribution is 2.45. The lowest BCUT2D eigenvalue weighted by molar-refractivity contribution is 0.0351. The molecule has 0 aliphatic heterocycles. The molecule has 1 aliphatic rings. The highest BCUT2D eigenvalue weighted by molar-refractivity contribution is 7.92. The summed E-state index contributed by atoms with van der Waals surface area (Å²) in [6, 6.07) is 3.03. The Bertz CT molecular complexity index is 1580. The normalized spacial score (nSPS) is 15.1. The first kappa shape index (κ1) is 24.7. The SMILES string of the molecule is CCn1cc(Cn2c(=O)[nH]c3sc(S(=O)(=O)N(C(=O)OC(C)(C)C)C4(C#N)CC4)cc3c2=O)cn1. The fraction of sp³-hybridized carbons (Fsp3) is 0.476. The van der Waals surface area contributed by atoms with Crippen LogP contribution in [-0.2, 0) is 27.8 Å². The van der Waals surface area contributed by atoms with Crippen LogP contribution in [-0.4, -0.2) is 49.3 Å². The van der Waals surface area contributed by atoms with Crippen LogP contribution in [0, 0.1) is 11.3 Å². The summed E-state index contributed by atoms with van der Waals surface area (Å²) >= 11 is 0.641. The van der Waals surface area contributed by atoms with Gasteiger partial charge < -0.3 is 4.74 Å². The number of carbonyl (C=O) groups is 1. The Hall–Kier alpha value is -3.44. The number of aromatic nitrogens is 4. The van der Waals surface area contributed by atoms with Crippen molar-refractivity contribution < 1.29 is 17.9 Å². The molecule has 14 heteroatoms. The number of fused-ring (bicyclic) bond motifs is 1. The summed E-state index contributed by atoms with van der Waals surface area (Å²) in [5.41, 5.74) is -3.32. The van der Waals surface area contributed by atoms with Crippen molar-refractivity contribution >= 4 is 37.7 Å². The van der Waals surface area contributed by atoms with Gasteiger partial charge in [-0.2, -0.15) is 23.1 Å². The van der Waals surface area contributed by atoms with Crippen molar-refractivity contribution in [1.29, 1.82) is 5.26 Å². The van der Waals surface area contributed by atoms with E-state index in [1.165, 1.54) is 0 Å². The summed E-state index contributed by atoms with van der Waals surface area (Å²) < 4.78 is 35.1. The first-order valence-electron chi connectivity index (χ1n) is 10.8. The minimum atomic E-state index is -4.57. The van der Waals surface area contributed by atoms with Crippen molar-refractivity contribution in [3.63, 3.8) is 0 Å². The molecule has 1 saturated carbocycles. The first-order valence-corrected chi connectivity index (χ1v) is 13.0. The van der Waals surface area contributed by atoms with Crippen molar-refractivity contribution in [2.45, 2.75) is 69.0 Å². The maximum absolute atomic E-state index is 13.6. The standard InChI is InChI=1S/C21H24N6O6S2/c1-5-25-10-13(9-23-25)11-26-17(28)14-8-15(34-16(14)24-18(26)29)35(31,32)27(21(12-22)6-7-21)19(30)33-20(2,3)4/h8-10H,5-7,11H2,1-4H3,(H,24,29). The number of hydrogen-bond acceptors (Lipinski definition) is 9. The predicted molar refractivity (Wildman–Crippen MR) is 127 cm³/mol. The van der Waals surface area contributed by atoms with Gasteiger partial charge in [0.2, 0.25) is 0 Å². The number of amides is 1. The molecule has 0 atom stereocenters. The highest BCUT2D eigenvalue weighted by atomic mass is 32.2. The van der Waals surface area contributed by atoms with Crippen LogP contribution in [0.4, 0.5) is 4.79 Å². The fourth-order valence-electron chi connectivity index (χ4n) is 3.51. The van der Waals surface area contributed by atoms with E-state index >= 15 is 0 Å². The molecule has 3 aromatic rings. The Morgan fingerprint density at radius 1 is 1.37 bits per heavy atom. The van der Waals surface area contributed by atoms with Crippen LogP contribution in [0.15, 0.2) is 32.3 Å². The lowest BCUT2D eigenvalue weighted by Gasteiger charge is -2.29. The second kappa shape index (κ2) is 8.35. The molecule has 1 aliphatic carbocycles. The van der Waals surface area contributed by atoms with Gasteiger partial charge in [-0.1, -0.05) is 0 Å². The maximum atomic E-state index is 13.6. The summed E-state index contributed by atoms with van der Waals surface area (Å²) in [4.78, 5) is 41.2. The number of nitriles is 1. The Morgan fingerprint density at radius 3 is 2.60 bits per heavy atom. The van der Waals surface area contributed by atoms with E-state index in [9.17, 15) is 28.1 Å². The highest BCUT2D eigenvalue weighted by Gasteiger charge is 2.58. The van der Waals surface area contributed by atoms with Gasteiger partial charge in [-0.3, -0.25) is 19.0 Å². The van der Waals surface area contributed by atoms with E-state index in [1.807, 2.05) is 13.0 Å². The molecule has 4 rings (SSSR count). The van der Waals surface area contributed by atoms with Gasteiger partial charge in [0.25, 0.3) is 15.6 Å². The largest absolute Gasteiger partial charge is 0.443 e. The molecule has 0 aromatic carbocycles. The van der Waals surface area contributed by atoms with Crippen LogP contribution in [0.5, 0.6) is 0 Å². The minimum Gasteiger partial charge on any atom is -0.443 e. The second-order valence-corrected chi connectivity index (χ2v) is 12.3. The van der Waals surface area contributed by atoms with Crippen LogP contribution >= 0.6 is 11.3 Å². The Balaban J connectivity index is 1.79. The number of aromatic amines is 1. The number of rotatable bonds is 6. The molecule has 186 valence electrons. The topological polar surface area (TPSA) is 160 Å². The van der Waals surface area contributed by atoms with Crippen molar-refractivity contribution in [2.75, 3.05) is 0 Å². The number of thiophene rings is 1. The van der Waals surface area contributed by atoms with Gasteiger partial charge in [0.15, 0.2) is 0 Å². The number of carbonyl (C=O) groups excluding carboxylic acids is 1. The molecule has 0 bridgehead atoms. The van der Waals surface area contributed by atoms with Gasteiger partial charge in [0.1, 0.15) is 20.2 Å². The molecular formula is C21H24N6O6S2. The number of ether oxygens (including phenoxy) is 1. The van der Waals surface area contributed by atoms with E-state index in [-0.39, 0.29) is 33.8 Å². The first-order chi connectivity index (χ1) is 16.3. The third-order valence-electron chi connectivity index (χ3n) is 5.38. The average molecular weight is 521 g/mol. The van der Waals surface area contributed by atoms with Crippen LogP contribution in [0.2, 0.25) is 0 Å². The van der Waals surface area contributed by atoms with Crippen molar-refractivity contribution in [2.24, 2.45) is 0 Å². The van der Waals surface area contributed by atoms with Crippen LogP contribution in [0.3, 0.4) is 0 Å². The summed E-state index contributed by atoms with van der Waals surface area (Å²) in [5, 5.41) is 13.7. The number of nitrogens with zero attached hydrogens (tertiary/aromatic N) is 5. The number of nitrogens with one attached hydrogen (secondary N) is 1. The molecule has 0 spiro atoms. The maximum Gasteiger partial charge on any atom is 0.425 e. The summed E-state index contributed by atoms with van der Waals surface area (Å²) in [6.45, 7) is 7.21. The molecule has 1 N–H and O–H groups in total. The number of hydrogen-bond donors (Lipinski definition) is 1. The molecule has 1 amide bonds. The van der Waals surface area contributed by atoms with E-state index in [4.69, 9.17) is 4.74 Å². The molecule has 35 heavy (non-hydrogen) atoms. The molecular weight excluding hydrogens is 496 g/mol. The van der Waals surface area contributed by atoms with Gasteiger partial charge in [-0.15, -0.1) is 11.3 Å².